The maximum atomic E-state index is 12.2. The normalized spacial score (nSPS) is 14.3. The molecule has 24 heavy (non-hydrogen) atoms. The van der Waals surface area contributed by atoms with Crippen LogP contribution in [0.4, 0.5) is 5.69 Å². The highest BCUT2D eigenvalue weighted by molar-refractivity contribution is 7.89. The molecule has 1 aromatic carbocycles. The van der Waals surface area contributed by atoms with E-state index in [2.05, 4.69) is 15.0 Å². The highest BCUT2D eigenvalue weighted by Crippen LogP contribution is 2.23. The van der Waals surface area contributed by atoms with Gasteiger partial charge in [-0.05, 0) is 49.1 Å². The van der Waals surface area contributed by atoms with Crippen LogP contribution in [0, 0.1) is 0 Å². The number of aromatic nitrogens is 1. The number of carbonyl (C=O) groups is 1. The molecule has 2 N–H and O–H groups in total. The van der Waals surface area contributed by atoms with Crippen molar-refractivity contribution in [3.05, 3.63) is 54.4 Å². The Morgan fingerprint density at radius 3 is 2.75 bits per heavy atom. The third kappa shape index (κ3) is 4.62. The van der Waals surface area contributed by atoms with Gasteiger partial charge in [0.2, 0.25) is 15.9 Å². The molecule has 1 amide bonds. The molecule has 1 saturated carbocycles. The number of pyridine rings is 1. The summed E-state index contributed by atoms with van der Waals surface area (Å²) in [6, 6.07) is 10.1. The van der Waals surface area contributed by atoms with Crippen LogP contribution in [0.25, 0.3) is 0 Å². The topological polar surface area (TPSA) is 88.2 Å². The Kier molecular flexibility index (Phi) is 4.92. The fourth-order valence-electron chi connectivity index (χ4n) is 2.26. The minimum Gasteiger partial charge on any atom is -0.326 e. The smallest absolute Gasteiger partial charge is 0.240 e. The third-order valence-corrected chi connectivity index (χ3v) is 5.21. The molecule has 0 aliphatic heterocycles. The summed E-state index contributed by atoms with van der Waals surface area (Å²) in [7, 11) is -3.52. The van der Waals surface area contributed by atoms with Gasteiger partial charge in [0.1, 0.15) is 0 Å². The second kappa shape index (κ2) is 7.11. The Labute approximate surface area is 141 Å². The van der Waals surface area contributed by atoms with Gasteiger partial charge in [0.25, 0.3) is 0 Å². The standard InChI is InChI=1S/C17H19N3O3S/c21-17(9-6-13-3-2-10-18-12-13)19-15-4-1-5-16(11-15)24(22,23)20-14-7-8-14/h1-5,10-12,14,20H,6-9H2,(H,19,21). The van der Waals surface area contributed by atoms with Crippen LogP contribution in [0.2, 0.25) is 0 Å². The lowest BCUT2D eigenvalue weighted by Gasteiger charge is -2.09. The van der Waals surface area contributed by atoms with Crippen LogP contribution < -0.4 is 10.0 Å². The molecule has 126 valence electrons. The first-order valence-corrected chi connectivity index (χ1v) is 9.32. The van der Waals surface area contributed by atoms with E-state index >= 15 is 0 Å². The molecule has 0 atom stereocenters. The van der Waals surface area contributed by atoms with Crippen LogP contribution >= 0.6 is 0 Å². The summed E-state index contributed by atoms with van der Waals surface area (Å²) in [6.45, 7) is 0. The Morgan fingerprint density at radius 1 is 1.21 bits per heavy atom. The van der Waals surface area contributed by atoms with Crippen LogP contribution in [0.3, 0.4) is 0 Å². The van der Waals surface area contributed by atoms with Gasteiger partial charge in [-0.2, -0.15) is 0 Å². The summed E-state index contributed by atoms with van der Waals surface area (Å²) in [6.07, 6.45) is 6.06. The van der Waals surface area contributed by atoms with E-state index in [0.717, 1.165) is 18.4 Å². The lowest BCUT2D eigenvalue weighted by atomic mass is 10.1. The molecule has 0 spiro atoms. The molecule has 3 rings (SSSR count). The van der Waals surface area contributed by atoms with Crippen LogP contribution in [0.15, 0.2) is 53.7 Å². The van der Waals surface area contributed by atoms with Crippen molar-refractivity contribution >= 4 is 21.6 Å². The van der Waals surface area contributed by atoms with Gasteiger partial charge in [-0.1, -0.05) is 12.1 Å². The van der Waals surface area contributed by atoms with Gasteiger partial charge in [0.05, 0.1) is 4.90 Å². The molecule has 7 heteroatoms. The van der Waals surface area contributed by atoms with Gasteiger partial charge in [-0.15, -0.1) is 0 Å². The average Bonchev–Trinajstić information content (AvgIpc) is 3.37. The zero-order chi connectivity index (χ0) is 17.0. The van der Waals surface area contributed by atoms with Crippen molar-refractivity contribution in [3.63, 3.8) is 0 Å². The lowest BCUT2D eigenvalue weighted by molar-refractivity contribution is -0.116. The molecule has 2 aromatic rings. The summed E-state index contributed by atoms with van der Waals surface area (Å²) < 4.78 is 27.0. The van der Waals surface area contributed by atoms with Crippen molar-refractivity contribution in [3.8, 4) is 0 Å². The number of hydrogen-bond donors (Lipinski definition) is 2. The van der Waals surface area contributed by atoms with E-state index < -0.39 is 10.0 Å². The van der Waals surface area contributed by atoms with E-state index in [1.54, 1.807) is 24.5 Å². The molecule has 1 aromatic heterocycles. The van der Waals surface area contributed by atoms with Crippen molar-refractivity contribution < 1.29 is 13.2 Å². The highest BCUT2D eigenvalue weighted by Gasteiger charge is 2.28. The number of benzene rings is 1. The van der Waals surface area contributed by atoms with Crippen LogP contribution in [-0.2, 0) is 21.2 Å². The third-order valence-electron chi connectivity index (χ3n) is 3.69. The van der Waals surface area contributed by atoms with E-state index in [1.807, 2.05) is 12.1 Å². The Bertz CT molecular complexity index is 818. The molecule has 0 saturated heterocycles. The minimum absolute atomic E-state index is 0.0488. The van der Waals surface area contributed by atoms with Gasteiger partial charge in [-0.25, -0.2) is 13.1 Å². The molecule has 0 unspecified atom stereocenters. The van der Waals surface area contributed by atoms with Crippen molar-refractivity contribution in [2.24, 2.45) is 0 Å². The SMILES string of the molecule is O=C(CCc1cccnc1)Nc1cccc(S(=O)(=O)NC2CC2)c1. The first-order chi connectivity index (χ1) is 11.5. The predicted octanol–water partition coefficient (Wildman–Crippen LogP) is 2.09. The lowest BCUT2D eigenvalue weighted by Crippen LogP contribution is -2.25. The fourth-order valence-corrected chi connectivity index (χ4v) is 3.61. The monoisotopic (exact) mass is 345 g/mol. The number of carbonyl (C=O) groups excluding carboxylic acids is 1. The van der Waals surface area contributed by atoms with Gasteiger partial charge in [0, 0.05) is 30.5 Å². The quantitative estimate of drug-likeness (QED) is 0.804. The maximum absolute atomic E-state index is 12.2. The van der Waals surface area contributed by atoms with E-state index in [4.69, 9.17) is 0 Å². The van der Waals surface area contributed by atoms with Gasteiger partial charge < -0.3 is 5.32 Å². The molecular weight excluding hydrogens is 326 g/mol. The highest BCUT2D eigenvalue weighted by atomic mass is 32.2. The van der Waals surface area contributed by atoms with E-state index in [-0.39, 0.29) is 16.8 Å². The second-order valence-electron chi connectivity index (χ2n) is 5.83. The second-order valence-corrected chi connectivity index (χ2v) is 7.55. The molecule has 1 heterocycles. The minimum atomic E-state index is -3.52. The number of rotatable bonds is 7. The predicted molar refractivity (Wildman–Crippen MR) is 91.0 cm³/mol. The molecule has 0 bridgehead atoms. The molecule has 1 aliphatic rings. The zero-order valence-corrected chi connectivity index (χ0v) is 13.9. The Hall–Kier alpha value is -2.25. The zero-order valence-electron chi connectivity index (χ0n) is 13.1. The Morgan fingerprint density at radius 2 is 2.04 bits per heavy atom. The van der Waals surface area contributed by atoms with Crippen molar-refractivity contribution in [1.29, 1.82) is 0 Å². The van der Waals surface area contributed by atoms with Crippen LogP contribution in [0.5, 0.6) is 0 Å². The summed E-state index contributed by atoms with van der Waals surface area (Å²) in [5.74, 6) is -0.163. The largest absolute Gasteiger partial charge is 0.326 e. The number of amides is 1. The van der Waals surface area contributed by atoms with Gasteiger partial charge in [0.15, 0.2) is 0 Å². The van der Waals surface area contributed by atoms with E-state index in [1.165, 1.54) is 12.1 Å². The van der Waals surface area contributed by atoms with Gasteiger partial charge in [-0.3, -0.25) is 9.78 Å². The summed E-state index contributed by atoms with van der Waals surface area (Å²) in [5.41, 5.74) is 1.46. The number of sulfonamides is 1. The van der Waals surface area contributed by atoms with Crippen LogP contribution in [0.1, 0.15) is 24.8 Å². The van der Waals surface area contributed by atoms with Gasteiger partial charge >= 0.3 is 0 Å². The molecule has 1 aliphatic carbocycles. The average molecular weight is 345 g/mol. The molecule has 0 radical (unpaired) electrons. The molecular formula is C17H19N3O3S. The number of aryl methyl sites for hydroxylation is 1. The maximum Gasteiger partial charge on any atom is 0.240 e. The Balaban J connectivity index is 1.60. The fraction of sp³-hybridized carbons (Fsp3) is 0.294. The van der Waals surface area contributed by atoms with Crippen molar-refractivity contribution in [2.75, 3.05) is 5.32 Å². The molecule has 6 nitrogen and oxygen atoms in total. The first kappa shape index (κ1) is 16.6. The number of anilines is 1. The number of nitrogens with zero attached hydrogens (tertiary/aromatic N) is 1. The van der Waals surface area contributed by atoms with Crippen molar-refractivity contribution in [1.82, 2.24) is 9.71 Å². The number of hydrogen-bond acceptors (Lipinski definition) is 4. The van der Waals surface area contributed by atoms with Crippen LogP contribution in [-0.4, -0.2) is 25.4 Å². The summed E-state index contributed by atoms with van der Waals surface area (Å²) in [4.78, 5) is 16.2. The number of nitrogens with one attached hydrogen (secondary N) is 2. The first-order valence-electron chi connectivity index (χ1n) is 7.84. The summed E-state index contributed by atoms with van der Waals surface area (Å²) in [5, 5.41) is 2.74. The van der Waals surface area contributed by atoms with E-state index in [0.29, 0.717) is 18.5 Å². The van der Waals surface area contributed by atoms with Crippen molar-refractivity contribution in [2.45, 2.75) is 36.6 Å². The van der Waals surface area contributed by atoms with E-state index in [9.17, 15) is 13.2 Å². The summed E-state index contributed by atoms with van der Waals surface area (Å²) >= 11 is 0. The molecule has 1 fully saturated rings.